The molecule has 1 aromatic heterocycles. The third-order valence-corrected chi connectivity index (χ3v) is 5.54. The number of carbonyl (C=O) groups is 1. The summed E-state index contributed by atoms with van der Waals surface area (Å²) in [7, 11) is 2.17. The number of aromatic nitrogens is 2. The summed E-state index contributed by atoms with van der Waals surface area (Å²) in [6, 6.07) is 8.45. The monoisotopic (exact) mass is 405 g/mol. The molecule has 3 rings (SSSR count). The van der Waals surface area contributed by atoms with Crippen molar-refractivity contribution in [1.29, 1.82) is 0 Å². The van der Waals surface area contributed by atoms with E-state index in [1.54, 1.807) is 0 Å². The molecule has 1 aliphatic heterocycles. The second-order valence-electron chi connectivity index (χ2n) is 6.59. The summed E-state index contributed by atoms with van der Waals surface area (Å²) in [4.78, 5) is 17.0. The fraction of sp³-hybridized carbons (Fsp3) is 0.444. The van der Waals surface area contributed by atoms with E-state index in [2.05, 4.69) is 72.6 Å². The van der Waals surface area contributed by atoms with E-state index in [0.717, 1.165) is 44.0 Å². The van der Waals surface area contributed by atoms with Crippen molar-refractivity contribution >= 4 is 21.8 Å². The number of benzene rings is 1. The highest BCUT2D eigenvalue weighted by atomic mass is 79.9. The largest absolute Gasteiger partial charge is 0.347 e. The van der Waals surface area contributed by atoms with Gasteiger partial charge in [-0.1, -0.05) is 24.3 Å². The van der Waals surface area contributed by atoms with Crippen LogP contribution in [0.25, 0.3) is 0 Å². The lowest BCUT2D eigenvalue weighted by Crippen LogP contribution is -2.43. The van der Waals surface area contributed by atoms with Crippen molar-refractivity contribution in [3.63, 3.8) is 0 Å². The zero-order chi connectivity index (χ0) is 17.8. The molecule has 7 heteroatoms. The van der Waals surface area contributed by atoms with Gasteiger partial charge in [0.2, 0.25) is 0 Å². The van der Waals surface area contributed by atoms with Crippen LogP contribution in [0.5, 0.6) is 0 Å². The molecule has 0 radical (unpaired) electrons. The molecule has 1 saturated heterocycles. The summed E-state index contributed by atoms with van der Waals surface area (Å²) in [5.74, 6) is -0.183. The third-order valence-electron chi connectivity index (χ3n) is 4.57. The predicted octanol–water partition coefficient (Wildman–Crippen LogP) is 2.16. The Morgan fingerprint density at radius 3 is 2.44 bits per heavy atom. The smallest absolute Gasteiger partial charge is 0.273 e. The summed E-state index contributed by atoms with van der Waals surface area (Å²) >= 11 is 3.38. The van der Waals surface area contributed by atoms with E-state index in [1.807, 2.05) is 6.92 Å². The molecule has 0 spiro atoms. The molecule has 2 aromatic rings. The van der Waals surface area contributed by atoms with Crippen LogP contribution < -0.4 is 5.32 Å². The zero-order valence-corrected chi connectivity index (χ0v) is 16.3. The number of aromatic amines is 1. The number of piperazine rings is 1. The lowest BCUT2D eigenvalue weighted by molar-refractivity contribution is 0.0945. The first kappa shape index (κ1) is 18.1. The molecule has 0 saturated carbocycles. The molecule has 1 aliphatic rings. The van der Waals surface area contributed by atoms with Gasteiger partial charge in [-0.2, -0.15) is 5.10 Å². The molecular weight excluding hydrogens is 382 g/mol. The van der Waals surface area contributed by atoms with Gasteiger partial charge in [0.15, 0.2) is 5.69 Å². The fourth-order valence-electron chi connectivity index (χ4n) is 2.86. The normalized spacial score (nSPS) is 16.1. The number of rotatable bonds is 5. The fourth-order valence-corrected chi connectivity index (χ4v) is 3.22. The van der Waals surface area contributed by atoms with Crippen LogP contribution in [0.3, 0.4) is 0 Å². The topological polar surface area (TPSA) is 64.3 Å². The molecule has 0 atom stereocenters. The van der Waals surface area contributed by atoms with Gasteiger partial charge in [0.25, 0.3) is 5.91 Å². The summed E-state index contributed by atoms with van der Waals surface area (Å²) in [6.07, 6.45) is 0. The first-order valence-corrected chi connectivity index (χ1v) is 9.29. The molecule has 6 nitrogen and oxygen atoms in total. The minimum atomic E-state index is -0.183. The van der Waals surface area contributed by atoms with E-state index < -0.39 is 0 Å². The number of carbonyl (C=O) groups excluding carboxylic acids is 1. The van der Waals surface area contributed by atoms with E-state index >= 15 is 0 Å². The molecule has 1 fully saturated rings. The van der Waals surface area contributed by atoms with Gasteiger partial charge >= 0.3 is 0 Å². The second-order valence-corrected chi connectivity index (χ2v) is 7.38. The van der Waals surface area contributed by atoms with E-state index in [1.165, 1.54) is 5.56 Å². The molecule has 1 amide bonds. The number of nitrogens with zero attached hydrogens (tertiary/aromatic N) is 3. The van der Waals surface area contributed by atoms with Crippen LogP contribution >= 0.6 is 15.9 Å². The molecule has 2 N–H and O–H groups in total. The Balaban J connectivity index is 1.51. The standard InChI is InChI=1S/C18H24BrN5O/c1-13-16(19)17(22-21-13)18(25)20-11-14-3-5-15(6-4-14)12-24-9-7-23(2)8-10-24/h3-6H,7-12H2,1-2H3,(H,20,25)(H,21,22). The van der Waals surface area contributed by atoms with Crippen LogP contribution in [0.1, 0.15) is 27.3 Å². The first-order valence-electron chi connectivity index (χ1n) is 8.50. The van der Waals surface area contributed by atoms with Crippen molar-refractivity contribution < 1.29 is 4.79 Å². The molecule has 0 unspecified atom stereocenters. The quantitative estimate of drug-likeness (QED) is 0.799. The summed E-state index contributed by atoms with van der Waals surface area (Å²) < 4.78 is 0.715. The number of aryl methyl sites for hydroxylation is 1. The van der Waals surface area contributed by atoms with Crippen molar-refractivity contribution in [3.8, 4) is 0 Å². The van der Waals surface area contributed by atoms with Crippen molar-refractivity contribution in [1.82, 2.24) is 25.3 Å². The van der Waals surface area contributed by atoms with E-state index in [-0.39, 0.29) is 5.91 Å². The van der Waals surface area contributed by atoms with Crippen molar-refractivity contribution in [2.75, 3.05) is 33.2 Å². The van der Waals surface area contributed by atoms with Gasteiger partial charge in [-0.3, -0.25) is 14.8 Å². The number of nitrogens with one attached hydrogen (secondary N) is 2. The van der Waals surface area contributed by atoms with E-state index in [4.69, 9.17) is 0 Å². The Morgan fingerprint density at radius 1 is 1.20 bits per heavy atom. The van der Waals surface area contributed by atoms with Crippen LogP contribution in [0, 0.1) is 6.92 Å². The molecule has 134 valence electrons. The number of H-pyrrole nitrogens is 1. The first-order chi connectivity index (χ1) is 12.0. The molecule has 1 aromatic carbocycles. The summed E-state index contributed by atoms with van der Waals surface area (Å²) in [5.41, 5.74) is 3.63. The SMILES string of the molecule is Cc1[nH]nc(C(=O)NCc2ccc(CN3CCN(C)CC3)cc2)c1Br. The highest BCUT2D eigenvalue weighted by molar-refractivity contribution is 9.10. The van der Waals surface area contributed by atoms with Crippen LogP contribution in [0.4, 0.5) is 0 Å². The Labute approximate surface area is 156 Å². The van der Waals surface area contributed by atoms with Gasteiger partial charge < -0.3 is 10.2 Å². The van der Waals surface area contributed by atoms with E-state index in [9.17, 15) is 4.79 Å². The molecule has 2 heterocycles. The maximum absolute atomic E-state index is 12.2. The highest BCUT2D eigenvalue weighted by Crippen LogP contribution is 2.18. The lowest BCUT2D eigenvalue weighted by atomic mass is 10.1. The van der Waals surface area contributed by atoms with Gasteiger partial charge in [-0.05, 0) is 41.0 Å². The maximum atomic E-state index is 12.2. The number of likely N-dealkylation sites (N-methyl/N-ethyl adjacent to an activating group) is 1. The van der Waals surface area contributed by atoms with Gasteiger partial charge in [0.1, 0.15) is 0 Å². The van der Waals surface area contributed by atoms with Crippen molar-refractivity contribution in [2.45, 2.75) is 20.0 Å². The minimum absolute atomic E-state index is 0.183. The molecule has 25 heavy (non-hydrogen) atoms. The Bertz CT molecular complexity index is 720. The highest BCUT2D eigenvalue weighted by Gasteiger charge is 2.16. The van der Waals surface area contributed by atoms with Gasteiger partial charge in [-0.25, -0.2) is 0 Å². The van der Waals surface area contributed by atoms with Crippen LogP contribution in [-0.2, 0) is 13.1 Å². The molecular formula is C18H24BrN5O. The Hall–Kier alpha value is -1.70. The maximum Gasteiger partial charge on any atom is 0.273 e. The van der Waals surface area contributed by atoms with Gasteiger partial charge in [-0.15, -0.1) is 0 Å². The Morgan fingerprint density at radius 2 is 1.84 bits per heavy atom. The van der Waals surface area contributed by atoms with E-state index in [0.29, 0.717) is 16.7 Å². The number of amides is 1. The summed E-state index contributed by atoms with van der Waals surface area (Å²) in [6.45, 7) is 7.84. The third kappa shape index (κ3) is 4.68. The van der Waals surface area contributed by atoms with Gasteiger partial charge in [0.05, 0.1) is 4.47 Å². The Kier molecular flexibility index (Phi) is 5.88. The second kappa shape index (κ2) is 8.12. The van der Waals surface area contributed by atoms with Crippen molar-refractivity contribution in [3.05, 3.63) is 51.3 Å². The van der Waals surface area contributed by atoms with Crippen LogP contribution in [0.15, 0.2) is 28.7 Å². The minimum Gasteiger partial charge on any atom is -0.347 e. The van der Waals surface area contributed by atoms with Crippen LogP contribution in [-0.4, -0.2) is 59.1 Å². The molecule has 0 aliphatic carbocycles. The number of hydrogen-bond acceptors (Lipinski definition) is 4. The molecule has 0 bridgehead atoms. The average Bonchev–Trinajstić information content (AvgIpc) is 2.95. The number of hydrogen-bond donors (Lipinski definition) is 2. The van der Waals surface area contributed by atoms with Crippen LogP contribution in [0.2, 0.25) is 0 Å². The zero-order valence-electron chi connectivity index (χ0n) is 14.7. The average molecular weight is 406 g/mol. The predicted molar refractivity (Wildman–Crippen MR) is 101 cm³/mol. The lowest BCUT2D eigenvalue weighted by Gasteiger charge is -2.32. The summed E-state index contributed by atoms with van der Waals surface area (Å²) in [5, 5.41) is 9.73. The van der Waals surface area contributed by atoms with Gasteiger partial charge in [0, 0.05) is 45.0 Å². The number of halogens is 1. The van der Waals surface area contributed by atoms with Crippen molar-refractivity contribution in [2.24, 2.45) is 0 Å².